The van der Waals surface area contributed by atoms with Gasteiger partial charge in [-0.25, -0.2) is 4.39 Å². The highest BCUT2D eigenvalue weighted by Crippen LogP contribution is 2.18. The highest BCUT2D eigenvalue weighted by atomic mass is 19.1. The number of benzene rings is 1. The lowest BCUT2D eigenvalue weighted by Crippen LogP contribution is -2.19. The number of pyridine rings is 1. The van der Waals surface area contributed by atoms with Gasteiger partial charge in [0.2, 0.25) is 5.56 Å². The fourth-order valence-electron chi connectivity index (χ4n) is 1.83. The lowest BCUT2D eigenvalue weighted by atomic mass is 10.1. The van der Waals surface area contributed by atoms with Gasteiger partial charge in [0.05, 0.1) is 11.3 Å². The molecular formula is C14H14FN3O2. The van der Waals surface area contributed by atoms with Crippen LogP contribution in [0.1, 0.15) is 15.9 Å². The van der Waals surface area contributed by atoms with Crippen LogP contribution in [0.5, 0.6) is 0 Å². The summed E-state index contributed by atoms with van der Waals surface area (Å²) in [5.74, 6) is -1.22. The molecule has 0 aliphatic carbocycles. The van der Waals surface area contributed by atoms with Crippen molar-refractivity contribution >= 4 is 17.3 Å². The first kappa shape index (κ1) is 13.8. The Bertz CT molecular complexity index is 738. The van der Waals surface area contributed by atoms with E-state index in [-0.39, 0.29) is 11.1 Å². The van der Waals surface area contributed by atoms with E-state index in [1.165, 1.54) is 42.0 Å². The van der Waals surface area contributed by atoms with E-state index in [4.69, 9.17) is 5.73 Å². The van der Waals surface area contributed by atoms with Crippen LogP contribution in [0.3, 0.4) is 0 Å². The Morgan fingerprint density at radius 3 is 2.70 bits per heavy atom. The average molecular weight is 275 g/mol. The third-order valence-corrected chi connectivity index (χ3v) is 2.87. The van der Waals surface area contributed by atoms with Gasteiger partial charge >= 0.3 is 0 Å². The summed E-state index contributed by atoms with van der Waals surface area (Å²) in [5.41, 5.74) is 6.30. The van der Waals surface area contributed by atoms with Gasteiger partial charge in [0.25, 0.3) is 5.91 Å². The average Bonchev–Trinajstić information content (AvgIpc) is 2.38. The maximum Gasteiger partial charge on any atom is 0.258 e. The van der Waals surface area contributed by atoms with Gasteiger partial charge in [0, 0.05) is 25.0 Å². The number of carbonyl (C=O) groups excluding carboxylic acids is 1. The van der Waals surface area contributed by atoms with Crippen LogP contribution in [0, 0.1) is 12.7 Å². The Balaban J connectivity index is 2.33. The van der Waals surface area contributed by atoms with Crippen molar-refractivity contribution in [2.24, 2.45) is 7.05 Å². The quantitative estimate of drug-likeness (QED) is 0.818. The Labute approximate surface area is 114 Å². The van der Waals surface area contributed by atoms with Gasteiger partial charge in [0.1, 0.15) is 5.82 Å². The van der Waals surface area contributed by atoms with E-state index in [0.29, 0.717) is 16.9 Å². The Morgan fingerprint density at radius 1 is 1.35 bits per heavy atom. The first-order valence-electron chi connectivity index (χ1n) is 5.92. The van der Waals surface area contributed by atoms with Crippen molar-refractivity contribution in [3.8, 4) is 0 Å². The number of carbonyl (C=O) groups is 1. The summed E-state index contributed by atoms with van der Waals surface area (Å²) in [6.45, 7) is 1.54. The molecule has 20 heavy (non-hydrogen) atoms. The number of amides is 1. The van der Waals surface area contributed by atoms with Gasteiger partial charge in [-0.15, -0.1) is 0 Å². The molecule has 0 atom stereocenters. The van der Waals surface area contributed by atoms with E-state index in [9.17, 15) is 14.0 Å². The molecule has 2 rings (SSSR count). The van der Waals surface area contributed by atoms with Gasteiger partial charge in [-0.1, -0.05) is 0 Å². The molecule has 0 aliphatic heterocycles. The van der Waals surface area contributed by atoms with E-state index in [2.05, 4.69) is 5.32 Å². The first-order valence-corrected chi connectivity index (χ1v) is 5.92. The fraction of sp³-hybridized carbons (Fsp3) is 0.143. The van der Waals surface area contributed by atoms with E-state index in [1.54, 1.807) is 7.05 Å². The normalized spacial score (nSPS) is 10.3. The Kier molecular flexibility index (Phi) is 3.56. The highest BCUT2D eigenvalue weighted by molar-refractivity contribution is 6.05. The van der Waals surface area contributed by atoms with Crippen molar-refractivity contribution in [1.82, 2.24) is 4.57 Å². The molecule has 0 unspecified atom stereocenters. The molecule has 1 heterocycles. The Hall–Kier alpha value is -2.63. The fourth-order valence-corrected chi connectivity index (χ4v) is 1.83. The molecule has 0 spiro atoms. The molecule has 1 aromatic heterocycles. The number of aryl methyl sites for hydroxylation is 2. The van der Waals surface area contributed by atoms with Gasteiger partial charge in [-0.05, 0) is 30.7 Å². The van der Waals surface area contributed by atoms with Gasteiger partial charge < -0.3 is 15.6 Å². The lowest BCUT2D eigenvalue weighted by molar-refractivity contribution is 0.102. The minimum absolute atomic E-state index is 0.128. The lowest BCUT2D eigenvalue weighted by Gasteiger charge is -2.09. The summed E-state index contributed by atoms with van der Waals surface area (Å²) >= 11 is 0. The molecule has 6 heteroatoms. The van der Waals surface area contributed by atoms with Crippen LogP contribution < -0.4 is 16.6 Å². The molecule has 0 saturated heterocycles. The molecule has 0 fully saturated rings. The number of aromatic nitrogens is 1. The molecule has 0 bridgehead atoms. The zero-order chi connectivity index (χ0) is 14.9. The minimum Gasteiger partial charge on any atom is -0.399 e. The van der Waals surface area contributed by atoms with Crippen LogP contribution in [-0.2, 0) is 7.05 Å². The van der Waals surface area contributed by atoms with Gasteiger partial charge in [-0.2, -0.15) is 0 Å². The molecule has 0 saturated carbocycles. The largest absolute Gasteiger partial charge is 0.399 e. The number of anilines is 2. The van der Waals surface area contributed by atoms with E-state index >= 15 is 0 Å². The third kappa shape index (κ3) is 2.69. The zero-order valence-corrected chi connectivity index (χ0v) is 11.1. The number of nitrogens with two attached hydrogens (primary N) is 1. The van der Waals surface area contributed by atoms with Gasteiger partial charge in [-0.3, -0.25) is 9.59 Å². The van der Waals surface area contributed by atoms with Crippen molar-refractivity contribution in [3.05, 3.63) is 57.8 Å². The summed E-state index contributed by atoms with van der Waals surface area (Å²) in [4.78, 5) is 23.3. The molecule has 1 amide bonds. The van der Waals surface area contributed by atoms with E-state index in [0.717, 1.165) is 0 Å². The van der Waals surface area contributed by atoms with Crippen LogP contribution in [0.25, 0.3) is 0 Å². The third-order valence-electron chi connectivity index (χ3n) is 2.87. The smallest absolute Gasteiger partial charge is 0.258 e. The van der Waals surface area contributed by atoms with Crippen LogP contribution in [-0.4, -0.2) is 10.5 Å². The van der Waals surface area contributed by atoms with Crippen molar-refractivity contribution < 1.29 is 9.18 Å². The summed E-state index contributed by atoms with van der Waals surface area (Å²) in [5, 5.41) is 2.53. The summed E-state index contributed by atoms with van der Waals surface area (Å²) < 4.78 is 15.2. The van der Waals surface area contributed by atoms with Crippen molar-refractivity contribution in [3.63, 3.8) is 0 Å². The van der Waals surface area contributed by atoms with Crippen LogP contribution in [0.4, 0.5) is 15.8 Å². The maximum atomic E-state index is 13.9. The molecule has 5 nitrogen and oxygen atoms in total. The molecule has 104 valence electrons. The molecular weight excluding hydrogens is 261 g/mol. The second kappa shape index (κ2) is 5.16. The SMILES string of the molecule is Cc1cc(N)cc(C(=O)Nc2ccc(=O)n(C)c2)c1F. The second-order valence-electron chi connectivity index (χ2n) is 4.52. The predicted octanol–water partition coefficient (Wildman–Crippen LogP) is 1.67. The molecule has 1 aromatic carbocycles. The van der Waals surface area contributed by atoms with Crippen molar-refractivity contribution in [2.45, 2.75) is 6.92 Å². The monoisotopic (exact) mass is 275 g/mol. The Morgan fingerprint density at radius 2 is 2.05 bits per heavy atom. The summed E-state index contributed by atoms with van der Waals surface area (Å²) in [6, 6.07) is 5.51. The number of halogens is 1. The van der Waals surface area contributed by atoms with Crippen molar-refractivity contribution in [2.75, 3.05) is 11.1 Å². The number of nitrogens with one attached hydrogen (secondary N) is 1. The topological polar surface area (TPSA) is 77.1 Å². The standard InChI is InChI=1S/C14H14FN3O2/c1-8-5-9(16)6-11(13(8)15)14(20)17-10-3-4-12(19)18(2)7-10/h3-7H,16H2,1-2H3,(H,17,20). The summed E-state index contributed by atoms with van der Waals surface area (Å²) in [6.07, 6.45) is 1.46. The number of hydrogen-bond acceptors (Lipinski definition) is 3. The number of rotatable bonds is 2. The molecule has 2 aromatic rings. The number of nitrogen functional groups attached to an aromatic ring is 1. The minimum atomic E-state index is -0.614. The van der Waals surface area contributed by atoms with Crippen LogP contribution in [0.2, 0.25) is 0 Å². The van der Waals surface area contributed by atoms with Gasteiger partial charge in [0.15, 0.2) is 0 Å². The van der Waals surface area contributed by atoms with E-state index < -0.39 is 11.7 Å². The van der Waals surface area contributed by atoms with Crippen LogP contribution >= 0.6 is 0 Å². The van der Waals surface area contributed by atoms with E-state index in [1.807, 2.05) is 0 Å². The summed E-state index contributed by atoms with van der Waals surface area (Å²) in [7, 11) is 1.56. The molecule has 0 radical (unpaired) electrons. The van der Waals surface area contributed by atoms with Crippen LogP contribution in [0.15, 0.2) is 35.3 Å². The number of nitrogens with zero attached hydrogens (tertiary/aromatic N) is 1. The maximum absolute atomic E-state index is 13.9. The second-order valence-corrected chi connectivity index (χ2v) is 4.52. The highest BCUT2D eigenvalue weighted by Gasteiger charge is 2.15. The number of hydrogen-bond donors (Lipinski definition) is 2. The first-order chi connectivity index (χ1) is 9.38. The zero-order valence-electron chi connectivity index (χ0n) is 11.1. The molecule has 3 N–H and O–H groups in total. The van der Waals surface area contributed by atoms with Crippen molar-refractivity contribution in [1.29, 1.82) is 0 Å². The predicted molar refractivity (Wildman–Crippen MR) is 75.2 cm³/mol. The molecule has 0 aliphatic rings.